The Morgan fingerprint density at radius 2 is 1.52 bits per heavy atom. The summed E-state index contributed by atoms with van der Waals surface area (Å²) in [6.45, 7) is 1.38. The summed E-state index contributed by atoms with van der Waals surface area (Å²) in [4.78, 5) is 23.5. The Hall–Kier alpha value is -1.10. The van der Waals surface area contributed by atoms with Gasteiger partial charge in [-0.2, -0.15) is 0 Å². The van der Waals surface area contributed by atoms with Crippen LogP contribution in [0.3, 0.4) is 0 Å². The molecule has 0 heterocycles. The third kappa shape index (κ3) is 12.9. The summed E-state index contributed by atoms with van der Waals surface area (Å²) in [5.41, 5.74) is 0. The lowest BCUT2D eigenvalue weighted by Gasteiger charge is -2.16. The molecule has 0 aliphatic heterocycles. The van der Waals surface area contributed by atoms with Crippen LogP contribution in [0.2, 0.25) is 0 Å². The van der Waals surface area contributed by atoms with Crippen LogP contribution in [-0.2, 0) is 14.3 Å². The van der Waals surface area contributed by atoms with Crippen LogP contribution in [-0.4, -0.2) is 36.7 Å². The normalized spacial score (nSPS) is 16.5. The number of aliphatic hydroxyl groups is 1. The number of nitrogens with one attached hydrogen (secondary N) is 1. The van der Waals surface area contributed by atoms with E-state index in [-0.39, 0.29) is 31.3 Å². The van der Waals surface area contributed by atoms with Crippen LogP contribution in [0.5, 0.6) is 0 Å². The van der Waals surface area contributed by atoms with Crippen LogP contribution >= 0.6 is 0 Å². The fraction of sp³-hybridized carbons (Fsp3) is 0.900. The van der Waals surface area contributed by atoms with Gasteiger partial charge in [-0.3, -0.25) is 9.59 Å². The Morgan fingerprint density at radius 1 is 0.880 bits per heavy atom. The maximum absolute atomic E-state index is 11.9. The molecule has 0 unspecified atom stereocenters. The van der Waals surface area contributed by atoms with E-state index in [1.54, 1.807) is 0 Å². The van der Waals surface area contributed by atoms with E-state index < -0.39 is 0 Å². The molecule has 0 bridgehead atoms. The van der Waals surface area contributed by atoms with Gasteiger partial charge in [0.15, 0.2) is 0 Å². The summed E-state index contributed by atoms with van der Waals surface area (Å²) >= 11 is 0. The van der Waals surface area contributed by atoms with Gasteiger partial charge in [-0.15, -0.1) is 0 Å². The lowest BCUT2D eigenvalue weighted by Crippen LogP contribution is -2.29. The second-order valence-corrected chi connectivity index (χ2v) is 7.23. The molecule has 0 saturated heterocycles. The SMILES string of the molecule is O=C(CCC(=O)OCCCCCCO)NCC1CCCCCCCC1. The highest BCUT2D eigenvalue weighted by Crippen LogP contribution is 2.21. The van der Waals surface area contributed by atoms with Gasteiger partial charge in [0, 0.05) is 19.6 Å². The first kappa shape index (κ1) is 21.9. The zero-order valence-electron chi connectivity index (χ0n) is 15.8. The van der Waals surface area contributed by atoms with Crippen molar-refractivity contribution in [2.75, 3.05) is 19.8 Å². The first-order valence-corrected chi connectivity index (χ1v) is 10.3. The van der Waals surface area contributed by atoms with Gasteiger partial charge in [0.1, 0.15) is 0 Å². The van der Waals surface area contributed by atoms with Crippen LogP contribution in [0.15, 0.2) is 0 Å². The van der Waals surface area contributed by atoms with Crippen LogP contribution in [0.1, 0.15) is 89.9 Å². The molecule has 1 aliphatic carbocycles. The molecule has 5 heteroatoms. The highest BCUT2D eigenvalue weighted by molar-refractivity contribution is 5.81. The van der Waals surface area contributed by atoms with Crippen LogP contribution in [0.4, 0.5) is 0 Å². The lowest BCUT2D eigenvalue weighted by molar-refractivity contribution is -0.145. The second-order valence-electron chi connectivity index (χ2n) is 7.23. The third-order valence-electron chi connectivity index (χ3n) is 4.93. The maximum Gasteiger partial charge on any atom is 0.306 e. The van der Waals surface area contributed by atoms with E-state index in [1.165, 1.54) is 51.4 Å². The summed E-state index contributed by atoms with van der Waals surface area (Å²) in [6, 6.07) is 0. The lowest BCUT2D eigenvalue weighted by atomic mass is 9.97. The molecule has 1 aliphatic rings. The van der Waals surface area contributed by atoms with Crippen LogP contribution < -0.4 is 5.32 Å². The highest BCUT2D eigenvalue weighted by Gasteiger charge is 2.13. The van der Waals surface area contributed by atoms with Crippen molar-refractivity contribution in [2.24, 2.45) is 5.92 Å². The van der Waals surface area contributed by atoms with E-state index in [4.69, 9.17) is 9.84 Å². The van der Waals surface area contributed by atoms with Crippen molar-refractivity contribution in [3.8, 4) is 0 Å². The largest absolute Gasteiger partial charge is 0.466 e. The van der Waals surface area contributed by atoms with E-state index >= 15 is 0 Å². The van der Waals surface area contributed by atoms with Gasteiger partial charge in [-0.25, -0.2) is 0 Å². The average Bonchev–Trinajstić information content (AvgIpc) is 2.75. The summed E-state index contributed by atoms with van der Waals surface area (Å²) in [7, 11) is 0. The van der Waals surface area contributed by atoms with Gasteiger partial charge >= 0.3 is 5.97 Å². The van der Waals surface area contributed by atoms with Gasteiger partial charge in [0.25, 0.3) is 0 Å². The minimum atomic E-state index is -0.292. The topological polar surface area (TPSA) is 75.6 Å². The zero-order valence-corrected chi connectivity index (χ0v) is 15.8. The monoisotopic (exact) mass is 355 g/mol. The first-order valence-electron chi connectivity index (χ1n) is 10.3. The summed E-state index contributed by atoms with van der Waals surface area (Å²) in [5.74, 6) is 0.257. The molecule has 25 heavy (non-hydrogen) atoms. The molecule has 1 saturated carbocycles. The minimum absolute atomic E-state index is 0.0419. The maximum atomic E-state index is 11.9. The number of rotatable bonds is 11. The van der Waals surface area contributed by atoms with Gasteiger partial charge in [0.05, 0.1) is 13.0 Å². The van der Waals surface area contributed by atoms with Gasteiger partial charge < -0.3 is 15.2 Å². The smallest absolute Gasteiger partial charge is 0.306 e. The molecule has 0 aromatic heterocycles. The van der Waals surface area contributed by atoms with E-state index in [1.807, 2.05) is 0 Å². The first-order chi connectivity index (χ1) is 12.2. The standard InChI is InChI=1S/C20H37NO4/c22-15-9-5-6-10-16-25-20(24)14-13-19(23)21-17-18-11-7-3-1-2-4-8-12-18/h18,22H,1-17H2,(H,21,23). The Bertz CT molecular complexity index is 350. The Balaban J connectivity index is 2.03. The van der Waals surface area contributed by atoms with E-state index in [0.29, 0.717) is 12.5 Å². The fourth-order valence-corrected chi connectivity index (χ4v) is 3.31. The summed E-state index contributed by atoms with van der Waals surface area (Å²) in [5, 5.41) is 11.7. The number of aliphatic hydroxyl groups excluding tert-OH is 1. The van der Waals surface area contributed by atoms with Crippen molar-refractivity contribution in [1.82, 2.24) is 5.32 Å². The highest BCUT2D eigenvalue weighted by atomic mass is 16.5. The molecular weight excluding hydrogens is 318 g/mol. The third-order valence-corrected chi connectivity index (χ3v) is 4.93. The number of carbonyl (C=O) groups excluding carboxylic acids is 2. The number of ether oxygens (including phenoxy) is 1. The predicted molar refractivity (Wildman–Crippen MR) is 99.2 cm³/mol. The number of amides is 1. The second kappa shape index (κ2) is 15.2. The molecule has 1 amide bonds. The van der Waals surface area contributed by atoms with Crippen LogP contribution in [0.25, 0.3) is 0 Å². The van der Waals surface area contributed by atoms with Gasteiger partial charge in [-0.1, -0.05) is 44.9 Å². The average molecular weight is 356 g/mol. The number of hydrogen-bond acceptors (Lipinski definition) is 4. The number of hydrogen-bond donors (Lipinski definition) is 2. The minimum Gasteiger partial charge on any atom is -0.466 e. The number of unbranched alkanes of at least 4 members (excludes halogenated alkanes) is 3. The molecule has 2 N–H and O–H groups in total. The summed E-state index contributed by atoms with van der Waals surface area (Å²) in [6.07, 6.45) is 14.2. The number of carbonyl (C=O) groups is 2. The quantitative estimate of drug-likeness (QED) is 0.437. The van der Waals surface area contributed by atoms with Crippen molar-refractivity contribution in [2.45, 2.75) is 89.9 Å². The summed E-state index contributed by atoms with van der Waals surface area (Å²) < 4.78 is 5.13. The zero-order chi connectivity index (χ0) is 18.2. The Labute approximate surface area is 152 Å². The molecule has 1 fully saturated rings. The van der Waals surface area contributed by atoms with Crippen molar-refractivity contribution >= 4 is 11.9 Å². The predicted octanol–water partition coefficient (Wildman–Crippen LogP) is 3.73. The molecule has 0 radical (unpaired) electrons. The molecule has 0 spiro atoms. The van der Waals surface area contributed by atoms with Gasteiger partial charge in [0.2, 0.25) is 5.91 Å². The fourth-order valence-electron chi connectivity index (χ4n) is 3.31. The van der Waals surface area contributed by atoms with Crippen molar-refractivity contribution in [3.05, 3.63) is 0 Å². The molecule has 0 aromatic rings. The van der Waals surface area contributed by atoms with Crippen molar-refractivity contribution < 1.29 is 19.4 Å². The molecule has 5 nitrogen and oxygen atoms in total. The van der Waals surface area contributed by atoms with E-state index in [2.05, 4.69) is 5.32 Å². The Morgan fingerprint density at radius 3 is 2.20 bits per heavy atom. The molecule has 146 valence electrons. The molecule has 0 atom stereocenters. The molecule has 0 aromatic carbocycles. The van der Waals surface area contributed by atoms with Crippen LogP contribution in [0, 0.1) is 5.92 Å². The molecule has 1 rings (SSSR count). The van der Waals surface area contributed by atoms with E-state index in [0.717, 1.165) is 32.2 Å². The number of esters is 1. The van der Waals surface area contributed by atoms with Gasteiger partial charge in [-0.05, 0) is 38.0 Å². The van der Waals surface area contributed by atoms with Crippen molar-refractivity contribution in [1.29, 1.82) is 0 Å². The molecular formula is C20H37NO4. The Kier molecular flexibility index (Phi) is 13.3. The van der Waals surface area contributed by atoms with Crippen molar-refractivity contribution in [3.63, 3.8) is 0 Å². The van der Waals surface area contributed by atoms with E-state index in [9.17, 15) is 9.59 Å².